The van der Waals surface area contributed by atoms with E-state index in [1.807, 2.05) is 48.5 Å². The molecule has 0 unspecified atom stereocenters. The maximum absolute atomic E-state index is 10.3. The van der Waals surface area contributed by atoms with E-state index < -0.39 is 11.9 Å². The molecule has 46 heavy (non-hydrogen) atoms. The van der Waals surface area contributed by atoms with Crippen LogP contribution in [0, 0.1) is 0 Å². The van der Waals surface area contributed by atoms with Crippen molar-refractivity contribution in [2.24, 2.45) is 0 Å². The number of rotatable bonds is 8. The van der Waals surface area contributed by atoms with Crippen LogP contribution in [0.4, 0.5) is 0 Å². The minimum absolute atomic E-state index is 0.0833. The summed E-state index contributed by atoms with van der Waals surface area (Å²) in [5.74, 6) is 1.12. The van der Waals surface area contributed by atoms with Crippen LogP contribution in [0.5, 0.6) is 23.0 Å². The van der Waals surface area contributed by atoms with E-state index in [-0.39, 0.29) is 11.1 Å². The van der Waals surface area contributed by atoms with Crippen molar-refractivity contribution in [3.8, 4) is 23.0 Å². The van der Waals surface area contributed by atoms with E-state index in [9.17, 15) is 9.59 Å². The van der Waals surface area contributed by atoms with Crippen molar-refractivity contribution in [2.45, 2.75) is 39.5 Å². The van der Waals surface area contributed by atoms with Crippen LogP contribution < -0.4 is 18.9 Å². The molecule has 0 saturated heterocycles. The highest BCUT2D eigenvalue weighted by Crippen LogP contribution is 2.27. The van der Waals surface area contributed by atoms with Crippen molar-refractivity contribution in [3.63, 3.8) is 0 Å². The molecule has 0 fully saturated rings. The molecule has 10 heteroatoms. The van der Waals surface area contributed by atoms with Crippen molar-refractivity contribution in [3.05, 3.63) is 83.9 Å². The molecule has 0 aliphatic carbocycles. The Balaban J connectivity index is 0.000000402. The van der Waals surface area contributed by atoms with Crippen LogP contribution in [0.15, 0.2) is 72.8 Å². The number of carboxylic acid groups (broad SMARTS) is 2. The van der Waals surface area contributed by atoms with Crippen LogP contribution >= 0.6 is 0 Å². The first kappa shape index (κ1) is 36.2. The molecule has 0 aromatic heterocycles. The predicted molar refractivity (Wildman–Crippen MR) is 178 cm³/mol. The Bertz CT molecular complexity index is 1160. The van der Waals surface area contributed by atoms with Gasteiger partial charge in [-0.3, -0.25) is 9.80 Å². The summed E-state index contributed by atoms with van der Waals surface area (Å²) in [6.45, 7) is 12.4. The van der Waals surface area contributed by atoms with Crippen LogP contribution in [0.25, 0.3) is 0 Å². The normalized spacial score (nSPS) is 15.0. The molecule has 0 amide bonds. The zero-order valence-electron chi connectivity index (χ0n) is 27.1. The molecule has 3 aromatic rings. The average Bonchev–Trinajstić information content (AvgIpc) is 3.06. The van der Waals surface area contributed by atoms with Crippen LogP contribution in [-0.2, 0) is 0 Å². The van der Waals surface area contributed by atoms with Crippen molar-refractivity contribution in [2.75, 3.05) is 65.7 Å². The third-order valence-corrected chi connectivity index (χ3v) is 7.39. The van der Waals surface area contributed by atoms with E-state index in [1.54, 1.807) is 0 Å². The van der Waals surface area contributed by atoms with Gasteiger partial charge in [0.1, 0.15) is 26.4 Å². The fourth-order valence-electron chi connectivity index (χ4n) is 4.71. The van der Waals surface area contributed by atoms with Crippen molar-refractivity contribution in [1.82, 2.24) is 9.80 Å². The molecule has 1 aliphatic rings. The van der Waals surface area contributed by atoms with E-state index >= 15 is 0 Å². The fourth-order valence-corrected chi connectivity index (χ4v) is 4.71. The first-order valence-electron chi connectivity index (χ1n) is 16.1. The second kappa shape index (κ2) is 20.7. The van der Waals surface area contributed by atoms with Crippen LogP contribution in [0.2, 0.25) is 0 Å². The van der Waals surface area contributed by atoms with Crippen molar-refractivity contribution in [1.29, 1.82) is 0 Å². The van der Waals surface area contributed by atoms with Crippen LogP contribution in [0.1, 0.15) is 60.2 Å². The smallest absolute Gasteiger partial charge is 0.335 e. The van der Waals surface area contributed by atoms with Gasteiger partial charge >= 0.3 is 11.9 Å². The standard InChI is InChI=1S/C28H42N2O4.C8H6O4/c1-3-5-15-29-17-21-31-25-11-7-9-13-27(25)33-23-19-30(16-6-4-2)20-24-34-28-14-10-8-12-26(28)32-22-18-29;9-7(10)5-1-2-6(4-3-5)8(11)12/h7-14H,3-6,15-24H2,1-2H3;1-4H,(H,9,10)(H,11,12). The maximum atomic E-state index is 10.3. The van der Waals surface area contributed by atoms with Gasteiger partial charge in [0, 0.05) is 26.2 Å². The molecule has 1 aliphatic heterocycles. The molecule has 1 heterocycles. The molecule has 0 spiro atoms. The Kier molecular flexibility index (Phi) is 16.3. The summed E-state index contributed by atoms with van der Waals surface area (Å²) in [5.41, 5.74) is 0.167. The summed E-state index contributed by atoms with van der Waals surface area (Å²) < 4.78 is 24.6. The SMILES string of the molecule is CCCCN1CCOc2ccccc2OCCN(CCCC)CCOc2ccccc2OCC1.O=C(O)c1ccc(C(=O)O)cc1. The van der Waals surface area contributed by atoms with E-state index in [0.717, 1.165) is 75.1 Å². The Morgan fingerprint density at radius 1 is 0.543 bits per heavy atom. The molecule has 0 bridgehead atoms. The van der Waals surface area contributed by atoms with Gasteiger partial charge < -0.3 is 29.2 Å². The second-order valence-corrected chi connectivity index (χ2v) is 10.9. The predicted octanol–water partition coefficient (Wildman–Crippen LogP) is 6.20. The first-order chi connectivity index (χ1) is 22.4. The summed E-state index contributed by atoms with van der Waals surface area (Å²) in [6, 6.07) is 21.0. The zero-order valence-corrected chi connectivity index (χ0v) is 27.1. The summed E-state index contributed by atoms with van der Waals surface area (Å²) >= 11 is 0. The number of benzene rings is 3. The van der Waals surface area contributed by atoms with Gasteiger partial charge in [0.05, 0.1) is 11.1 Å². The molecule has 0 radical (unpaired) electrons. The highest BCUT2D eigenvalue weighted by molar-refractivity contribution is 5.91. The summed E-state index contributed by atoms with van der Waals surface area (Å²) in [5, 5.41) is 16.9. The molecule has 3 aromatic carbocycles. The van der Waals surface area contributed by atoms with Crippen molar-refractivity contribution >= 4 is 11.9 Å². The molecule has 0 saturated carbocycles. The Hall–Kier alpha value is -4.28. The topological polar surface area (TPSA) is 118 Å². The number of para-hydroxylation sites is 4. The average molecular weight is 637 g/mol. The minimum atomic E-state index is -1.06. The van der Waals surface area contributed by atoms with Gasteiger partial charge in [0.15, 0.2) is 23.0 Å². The van der Waals surface area contributed by atoms with E-state index in [2.05, 4.69) is 23.6 Å². The number of carbonyl (C=O) groups is 2. The van der Waals surface area contributed by atoms with E-state index in [4.69, 9.17) is 29.2 Å². The lowest BCUT2D eigenvalue weighted by Crippen LogP contribution is -2.34. The van der Waals surface area contributed by atoms with Crippen LogP contribution in [-0.4, -0.2) is 97.6 Å². The van der Waals surface area contributed by atoms with Gasteiger partial charge in [-0.1, -0.05) is 51.0 Å². The second-order valence-electron chi connectivity index (χ2n) is 10.9. The lowest BCUT2D eigenvalue weighted by Gasteiger charge is -2.25. The molecular formula is C36H48N2O8. The Morgan fingerprint density at radius 3 is 1.07 bits per heavy atom. The maximum Gasteiger partial charge on any atom is 0.335 e. The number of ether oxygens (including phenoxy) is 4. The molecular weight excluding hydrogens is 588 g/mol. The van der Waals surface area contributed by atoms with Gasteiger partial charge in [-0.15, -0.1) is 0 Å². The fraction of sp³-hybridized carbons (Fsp3) is 0.444. The number of unbranched alkanes of at least 4 members (excludes halogenated alkanes) is 2. The quantitative estimate of drug-likeness (QED) is 0.296. The number of hydrogen-bond acceptors (Lipinski definition) is 8. The highest BCUT2D eigenvalue weighted by Gasteiger charge is 2.12. The summed E-state index contributed by atoms with van der Waals surface area (Å²) in [7, 11) is 0. The number of nitrogens with zero attached hydrogens (tertiary/aromatic N) is 2. The third-order valence-electron chi connectivity index (χ3n) is 7.39. The largest absolute Gasteiger partial charge is 0.488 e. The van der Waals surface area contributed by atoms with Crippen molar-refractivity contribution < 1.29 is 38.7 Å². The zero-order chi connectivity index (χ0) is 33.0. The lowest BCUT2D eigenvalue weighted by molar-refractivity contribution is 0.0681. The first-order valence-corrected chi connectivity index (χ1v) is 16.1. The van der Waals surface area contributed by atoms with Crippen LogP contribution in [0.3, 0.4) is 0 Å². The monoisotopic (exact) mass is 636 g/mol. The van der Waals surface area contributed by atoms with Gasteiger partial charge in [-0.2, -0.15) is 0 Å². The number of carboxylic acids is 2. The minimum Gasteiger partial charge on any atom is -0.488 e. The molecule has 0 atom stereocenters. The van der Waals surface area contributed by atoms with Gasteiger partial charge in [0.2, 0.25) is 0 Å². The Morgan fingerprint density at radius 2 is 0.826 bits per heavy atom. The van der Waals surface area contributed by atoms with E-state index in [1.165, 1.54) is 37.1 Å². The summed E-state index contributed by atoms with van der Waals surface area (Å²) in [4.78, 5) is 25.5. The highest BCUT2D eigenvalue weighted by atomic mass is 16.5. The summed E-state index contributed by atoms with van der Waals surface area (Å²) in [6.07, 6.45) is 4.66. The lowest BCUT2D eigenvalue weighted by atomic mass is 10.1. The molecule has 10 nitrogen and oxygen atoms in total. The van der Waals surface area contributed by atoms with E-state index in [0.29, 0.717) is 26.4 Å². The molecule has 4 rings (SSSR count). The Labute approximate surface area is 272 Å². The number of aromatic carboxylic acids is 2. The van der Waals surface area contributed by atoms with Gasteiger partial charge in [0.25, 0.3) is 0 Å². The molecule has 2 N–H and O–H groups in total. The number of hydrogen-bond donors (Lipinski definition) is 2. The third kappa shape index (κ3) is 13.0. The van der Waals surface area contributed by atoms with Gasteiger partial charge in [-0.05, 0) is 74.5 Å². The number of fused-ring (bicyclic) bond motifs is 2. The van der Waals surface area contributed by atoms with Gasteiger partial charge in [-0.25, -0.2) is 9.59 Å². The molecule has 250 valence electrons.